The van der Waals surface area contributed by atoms with E-state index in [-0.39, 0.29) is 19.1 Å². The Kier molecular flexibility index (Phi) is 9.43. The molecule has 2 fully saturated rings. The van der Waals surface area contributed by atoms with Crippen LogP contribution in [0.25, 0.3) is 0 Å². The first kappa shape index (κ1) is 27.9. The summed E-state index contributed by atoms with van der Waals surface area (Å²) in [7, 11) is 0. The molecule has 8 heteroatoms. The number of piperazine rings is 1. The highest BCUT2D eigenvalue weighted by atomic mass is 35.5. The number of benzene rings is 3. The second-order valence-electron chi connectivity index (χ2n) is 10.1. The SMILES string of the molecule is O=C(NCCCCN1CCN(c2cccc(Cl)c2Cl)CC1)C1COC(c2ccccc2)(c2ccccc2)CO1. The summed E-state index contributed by atoms with van der Waals surface area (Å²) in [4.78, 5) is 17.6. The zero-order chi connectivity index (χ0) is 27.1. The molecule has 1 amide bonds. The largest absolute Gasteiger partial charge is 0.368 e. The van der Waals surface area contributed by atoms with Crippen molar-refractivity contribution < 1.29 is 14.3 Å². The van der Waals surface area contributed by atoms with Crippen molar-refractivity contribution in [2.75, 3.05) is 57.4 Å². The van der Waals surface area contributed by atoms with Gasteiger partial charge in [0.15, 0.2) is 6.10 Å². The summed E-state index contributed by atoms with van der Waals surface area (Å²) in [6, 6.07) is 25.9. The molecule has 39 heavy (non-hydrogen) atoms. The Hall–Kier alpha value is -2.61. The average Bonchev–Trinajstić information content (AvgIpc) is 2.99. The van der Waals surface area contributed by atoms with Crippen LogP contribution in [0.5, 0.6) is 0 Å². The lowest BCUT2D eigenvalue weighted by Gasteiger charge is -2.40. The van der Waals surface area contributed by atoms with Crippen LogP contribution >= 0.6 is 23.2 Å². The Morgan fingerprint density at radius 2 is 1.54 bits per heavy atom. The Bertz CT molecular complexity index is 1170. The monoisotopic (exact) mass is 567 g/mol. The molecule has 206 valence electrons. The van der Waals surface area contributed by atoms with Gasteiger partial charge in [0.25, 0.3) is 5.91 Å². The molecule has 0 aliphatic carbocycles. The second-order valence-corrected chi connectivity index (χ2v) is 10.9. The van der Waals surface area contributed by atoms with E-state index in [9.17, 15) is 4.79 Å². The van der Waals surface area contributed by atoms with Crippen LogP contribution in [0.3, 0.4) is 0 Å². The second kappa shape index (κ2) is 13.2. The molecule has 3 aromatic rings. The fourth-order valence-electron chi connectivity index (χ4n) is 5.33. The van der Waals surface area contributed by atoms with Crippen molar-refractivity contribution in [2.24, 2.45) is 0 Å². The van der Waals surface area contributed by atoms with E-state index >= 15 is 0 Å². The van der Waals surface area contributed by atoms with Crippen LogP contribution in [-0.4, -0.2) is 69.4 Å². The van der Waals surface area contributed by atoms with Crippen LogP contribution in [0, 0.1) is 0 Å². The van der Waals surface area contributed by atoms with Gasteiger partial charge in [-0.1, -0.05) is 89.9 Å². The summed E-state index contributed by atoms with van der Waals surface area (Å²) in [5.41, 5.74) is 2.32. The maximum Gasteiger partial charge on any atom is 0.251 e. The van der Waals surface area contributed by atoms with Gasteiger partial charge >= 0.3 is 0 Å². The van der Waals surface area contributed by atoms with E-state index < -0.39 is 11.7 Å². The molecule has 1 N–H and O–H groups in total. The molecule has 2 saturated heterocycles. The normalized spacial score (nSPS) is 19.5. The molecule has 3 aromatic carbocycles. The van der Waals surface area contributed by atoms with Crippen LogP contribution in [0.15, 0.2) is 78.9 Å². The van der Waals surface area contributed by atoms with Crippen molar-refractivity contribution in [1.29, 1.82) is 0 Å². The molecule has 0 aromatic heterocycles. The Balaban J connectivity index is 1.03. The number of rotatable bonds is 9. The van der Waals surface area contributed by atoms with Crippen molar-refractivity contribution in [1.82, 2.24) is 10.2 Å². The molecular weight excluding hydrogens is 533 g/mol. The van der Waals surface area contributed by atoms with Crippen LogP contribution in [0.4, 0.5) is 5.69 Å². The molecule has 5 rings (SSSR count). The fourth-order valence-corrected chi connectivity index (χ4v) is 5.74. The van der Waals surface area contributed by atoms with Crippen LogP contribution in [0.1, 0.15) is 24.0 Å². The number of hydrogen-bond acceptors (Lipinski definition) is 5. The molecule has 0 bridgehead atoms. The van der Waals surface area contributed by atoms with E-state index in [2.05, 4.69) is 15.1 Å². The number of ether oxygens (including phenoxy) is 2. The van der Waals surface area contributed by atoms with Crippen molar-refractivity contribution in [3.8, 4) is 0 Å². The maximum atomic E-state index is 12.8. The van der Waals surface area contributed by atoms with E-state index in [1.165, 1.54) is 0 Å². The summed E-state index contributed by atoms with van der Waals surface area (Å²) in [5.74, 6) is -0.114. The van der Waals surface area contributed by atoms with Gasteiger partial charge in [-0.2, -0.15) is 0 Å². The van der Waals surface area contributed by atoms with Gasteiger partial charge in [0.2, 0.25) is 0 Å². The predicted molar refractivity (Wildman–Crippen MR) is 157 cm³/mol. The lowest BCUT2D eigenvalue weighted by atomic mass is 9.86. The number of halogens is 2. The number of hydrogen-bond donors (Lipinski definition) is 1. The van der Waals surface area contributed by atoms with E-state index in [1.54, 1.807) is 0 Å². The molecule has 1 unspecified atom stereocenters. The zero-order valence-electron chi connectivity index (χ0n) is 22.0. The third-order valence-electron chi connectivity index (χ3n) is 7.59. The Morgan fingerprint density at radius 3 is 2.15 bits per heavy atom. The lowest BCUT2D eigenvalue weighted by Crippen LogP contribution is -2.50. The maximum absolute atomic E-state index is 12.8. The minimum Gasteiger partial charge on any atom is -0.368 e. The lowest BCUT2D eigenvalue weighted by molar-refractivity contribution is -0.184. The first-order chi connectivity index (χ1) is 19.1. The minimum atomic E-state index is -0.721. The highest BCUT2D eigenvalue weighted by Crippen LogP contribution is 2.37. The van der Waals surface area contributed by atoms with Crippen molar-refractivity contribution in [3.63, 3.8) is 0 Å². The van der Waals surface area contributed by atoms with Crippen molar-refractivity contribution >= 4 is 34.8 Å². The van der Waals surface area contributed by atoms with Crippen LogP contribution < -0.4 is 10.2 Å². The molecule has 0 saturated carbocycles. The summed E-state index contributed by atoms with van der Waals surface area (Å²) in [6.07, 6.45) is 1.32. The Morgan fingerprint density at radius 1 is 0.872 bits per heavy atom. The highest BCUT2D eigenvalue weighted by Gasteiger charge is 2.42. The van der Waals surface area contributed by atoms with Crippen LogP contribution in [-0.2, 0) is 19.9 Å². The third-order valence-corrected chi connectivity index (χ3v) is 8.39. The molecule has 6 nitrogen and oxygen atoms in total. The summed E-state index contributed by atoms with van der Waals surface area (Å²) < 4.78 is 12.5. The predicted octanol–water partition coefficient (Wildman–Crippen LogP) is 5.37. The highest BCUT2D eigenvalue weighted by molar-refractivity contribution is 6.43. The van der Waals surface area contributed by atoms with Crippen molar-refractivity contribution in [3.05, 3.63) is 100 Å². The van der Waals surface area contributed by atoms with E-state index in [0.717, 1.165) is 62.4 Å². The van der Waals surface area contributed by atoms with Gasteiger partial charge in [0, 0.05) is 32.7 Å². The van der Waals surface area contributed by atoms with Crippen LogP contribution in [0.2, 0.25) is 10.0 Å². The molecule has 1 atom stereocenters. The third kappa shape index (κ3) is 6.59. The summed E-state index contributed by atoms with van der Waals surface area (Å²) in [6.45, 7) is 5.92. The number of carbonyl (C=O) groups is 1. The van der Waals surface area contributed by atoms with Gasteiger partial charge in [-0.15, -0.1) is 0 Å². The molecule has 2 aliphatic heterocycles. The number of nitrogens with zero attached hydrogens (tertiary/aromatic N) is 2. The van der Waals surface area contributed by atoms with E-state index in [0.29, 0.717) is 16.6 Å². The number of unbranched alkanes of at least 4 members (excludes halogenated alkanes) is 1. The van der Waals surface area contributed by atoms with E-state index in [1.807, 2.05) is 78.9 Å². The quantitative estimate of drug-likeness (QED) is 0.352. The van der Waals surface area contributed by atoms with E-state index in [4.69, 9.17) is 32.7 Å². The van der Waals surface area contributed by atoms with Gasteiger partial charge in [-0.05, 0) is 42.6 Å². The average molecular weight is 569 g/mol. The molecule has 2 aliphatic rings. The van der Waals surface area contributed by atoms with Gasteiger partial charge in [0.05, 0.1) is 28.9 Å². The fraction of sp³-hybridized carbons (Fsp3) is 0.387. The standard InChI is InChI=1S/C31H35Cl2N3O3/c32-26-14-9-15-27(29(26)33)36-20-18-35(19-21-36)17-8-7-16-34-30(37)28-22-39-31(23-38-28,24-10-3-1-4-11-24)25-12-5-2-6-13-25/h1-6,9-15,28H,7-8,16-23H2,(H,34,37). The number of carbonyl (C=O) groups excluding carboxylic acids is 1. The first-order valence-corrected chi connectivity index (χ1v) is 14.4. The first-order valence-electron chi connectivity index (χ1n) is 13.6. The Labute approximate surface area is 240 Å². The minimum absolute atomic E-state index is 0.114. The summed E-state index contributed by atoms with van der Waals surface area (Å²) in [5, 5.41) is 4.26. The summed E-state index contributed by atoms with van der Waals surface area (Å²) >= 11 is 12.6. The smallest absolute Gasteiger partial charge is 0.251 e. The number of anilines is 1. The number of nitrogens with one attached hydrogen (secondary N) is 1. The van der Waals surface area contributed by atoms with Gasteiger partial charge in [-0.25, -0.2) is 0 Å². The van der Waals surface area contributed by atoms with Gasteiger partial charge in [-0.3, -0.25) is 9.69 Å². The van der Waals surface area contributed by atoms with Gasteiger partial charge < -0.3 is 19.7 Å². The van der Waals surface area contributed by atoms with Crippen molar-refractivity contribution in [2.45, 2.75) is 24.5 Å². The molecule has 0 radical (unpaired) electrons. The molecular formula is C31H35Cl2N3O3. The topological polar surface area (TPSA) is 54.0 Å². The zero-order valence-corrected chi connectivity index (χ0v) is 23.5. The molecule has 2 heterocycles. The number of amides is 1. The molecule has 0 spiro atoms. The van der Waals surface area contributed by atoms with Gasteiger partial charge in [0.1, 0.15) is 5.60 Å².